The maximum Gasteiger partial charge on any atom is 0.245 e. The highest BCUT2D eigenvalue weighted by Gasteiger charge is 2.37. The van der Waals surface area contributed by atoms with Gasteiger partial charge in [0, 0.05) is 39.4 Å². The Kier molecular flexibility index (Phi) is 4.70. The van der Waals surface area contributed by atoms with Crippen LogP contribution in [0.1, 0.15) is 31.2 Å². The lowest BCUT2D eigenvalue weighted by Crippen LogP contribution is -2.49. The number of rotatable bonds is 3. The van der Waals surface area contributed by atoms with E-state index in [-0.39, 0.29) is 24.0 Å². The summed E-state index contributed by atoms with van der Waals surface area (Å²) in [5.41, 5.74) is 0.578. The van der Waals surface area contributed by atoms with Crippen molar-refractivity contribution in [3.63, 3.8) is 0 Å². The van der Waals surface area contributed by atoms with Gasteiger partial charge in [0.2, 0.25) is 11.8 Å². The summed E-state index contributed by atoms with van der Waals surface area (Å²) in [5.74, 6) is 0.789. The predicted octanol–water partition coefficient (Wildman–Crippen LogP) is 1.55. The number of hydrogen-bond donors (Lipinski definition) is 0. The van der Waals surface area contributed by atoms with E-state index in [4.69, 9.17) is 10.00 Å². The van der Waals surface area contributed by atoms with Gasteiger partial charge in [0.25, 0.3) is 0 Å². The summed E-state index contributed by atoms with van der Waals surface area (Å²) in [6, 6.07) is 8.92. The first-order valence-electron chi connectivity index (χ1n) is 8.30. The minimum atomic E-state index is -0.303. The second kappa shape index (κ2) is 6.91. The van der Waals surface area contributed by atoms with Gasteiger partial charge in [-0.25, -0.2) is 0 Å². The van der Waals surface area contributed by atoms with Crippen LogP contribution in [-0.4, -0.2) is 53.9 Å². The second-order valence-electron chi connectivity index (χ2n) is 6.34. The Morgan fingerprint density at radius 2 is 2.04 bits per heavy atom. The van der Waals surface area contributed by atoms with E-state index in [0.717, 1.165) is 12.8 Å². The Morgan fingerprint density at radius 3 is 2.67 bits per heavy atom. The molecule has 2 heterocycles. The molecule has 6 heteroatoms. The highest BCUT2D eigenvalue weighted by molar-refractivity contribution is 5.90. The summed E-state index contributed by atoms with van der Waals surface area (Å²) in [7, 11) is 1.70. The number of piperidine rings is 1. The number of amides is 2. The maximum atomic E-state index is 12.6. The molecule has 1 aromatic rings. The number of ether oxygens (including phenoxy) is 1. The second-order valence-corrected chi connectivity index (χ2v) is 6.34. The van der Waals surface area contributed by atoms with E-state index < -0.39 is 0 Å². The zero-order valence-corrected chi connectivity index (χ0v) is 13.8. The fourth-order valence-corrected chi connectivity index (χ4v) is 3.33. The highest BCUT2D eigenvalue weighted by atomic mass is 16.5. The number of hydrogen-bond acceptors (Lipinski definition) is 4. The van der Waals surface area contributed by atoms with Crippen molar-refractivity contribution in [2.45, 2.75) is 37.8 Å². The molecule has 1 aromatic carbocycles. The van der Waals surface area contributed by atoms with Crippen LogP contribution in [0.4, 0.5) is 0 Å². The van der Waals surface area contributed by atoms with E-state index in [0.29, 0.717) is 37.2 Å². The normalized spacial score (nSPS) is 21.7. The van der Waals surface area contributed by atoms with Crippen molar-refractivity contribution in [2.75, 3.05) is 20.1 Å². The number of likely N-dealkylation sites (N-methyl/N-ethyl adjacent to an activating group) is 1. The van der Waals surface area contributed by atoms with Gasteiger partial charge in [-0.05, 0) is 24.6 Å². The summed E-state index contributed by atoms with van der Waals surface area (Å²) in [5, 5.41) is 8.93. The van der Waals surface area contributed by atoms with Gasteiger partial charge in [-0.15, -0.1) is 0 Å². The molecule has 0 bridgehead atoms. The summed E-state index contributed by atoms with van der Waals surface area (Å²) in [6.45, 7) is 1.28. The third-order valence-electron chi connectivity index (χ3n) is 4.80. The average molecular weight is 327 g/mol. The van der Waals surface area contributed by atoms with Gasteiger partial charge in [0.05, 0.1) is 11.6 Å². The van der Waals surface area contributed by atoms with Gasteiger partial charge in [0.15, 0.2) is 0 Å². The number of carbonyl (C=O) groups excluding carboxylic acids is 2. The fraction of sp³-hybridized carbons (Fsp3) is 0.500. The first kappa shape index (κ1) is 16.3. The summed E-state index contributed by atoms with van der Waals surface area (Å²) < 4.78 is 5.94. The van der Waals surface area contributed by atoms with Crippen LogP contribution in [0, 0.1) is 11.3 Å². The van der Waals surface area contributed by atoms with E-state index in [1.54, 1.807) is 30.1 Å². The van der Waals surface area contributed by atoms with Gasteiger partial charge in [-0.3, -0.25) is 9.59 Å². The van der Waals surface area contributed by atoms with Crippen LogP contribution in [0.3, 0.4) is 0 Å². The van der Waals surface area contributed by atoms with E-state index in [9.17, 15) is 9.59 Å². The number of benzene rings is 1. The van der Waals surface area contributed by atoms with Gasteiger partial charge >= 0.3 is 0 Å². The van der Waals surface area contributed by atoms with Gasteiger partial charge in [-0.1, -0.05) is 6.07 Å². The molecule has 126 valence electrons. The molecule has 2 aliphatic rings. The van der Waals surface area contributed by atoms with E-state index in [2.05, 4.69) is 6.07 Å². The fourth-order valence-electron chi connectivity index (χ4n) is 3.33. The monoisotopic (exact) mass is 327 g/mol. The Hall–Kier alpha value is -2.55. The lowest BCUT2D eigenvalue weighted by atomic mass is 10.1. The van der Waals surface area contributed by atoms with Crippen molar-refractivity contribution in [3.05, 3.63) is 29.8 Å². The molecule has 1 atom stereocenters. The Balaban J connectivity index is 1.53. The van der Waals surface area contributed by atoms with E-state index >= 15 is 0 Å². The summed E-state index contributed by atoms with van der Waals surface area (Å²) in [4.78, 5) is 27.6. The lowest BCUT2D eigenvalue weighted by molar-refractivity contribution is -0.141. The van der Waals surface area contributed by atoms with Crippen LogP contribution < -0.4 is 4.74 Å². The van der Waals surface area contributed by atoms with Crippen molar-refractivity contribution in [3.8, 4) is 11.8 Å². The molecule has 24 heavy (non-hydrogen) atoms. The molecular weight excluding hydrogens is 306 g/mol. The van der Waals surface area contributed by atoms with Crippen molar-refractivity contribution in [1.82, 2.24) is 9.80 Å². The van der Waals surface area contributed by atoms with Crippen molar-refractivity contribution in [1.29, 1.82) is 5.26 Å². The van der Waals surface area contributed by atoms with Crippen molar-refractivity contribution in [2.24, 2.45) is 0 Å². The van der Waals surface area contributed by atoms with Gasteiger partial charge < -0.3 is 14.5 Å². The van der Waals surface area contributed by atoms with Crippen LogP contribution in [0.25, 0.3) is 0 Å². The zero-order valence-electron chi connectivity index (χ0n) is 13.8. The largest absolute Gasteiger partial charge is 0.490 e. The van der Waals surface area contributed by atoms with E-state index in [1.165, 1.54) is 0 Å². The third kappa shape index (κ3) is 3.35. The summed E-state index contributed by atoms with van der Waals surface area (Å²) >= 11 is 0. The Labute approximate surface area is 141 Å². The third-order valence-corrected chi connectivity index (χ3v) is 4.80. The molecule has 2 fully saturated rings. The smallest absolute Gasteiger partial charge is 0.245 e. The van der Waals surface area contributed by atoms with Crippen LogP contribution >= 0.6 is 0 Å². The maximum absolute atomic E-state index is 12.6. The Bertz CT molecular complexity index is 674. The molecule has 0 saturated carbocycles. The molecule has 0 aromatic heterocycles. The molecule has 0 spiro atoms. The van der Waals surface area contributed by atoms with Crippen LogP contribution in [-0.2, 0) is 9.59 Å². The number of nitrogens with zero attached hydrogens (tertiary/aromatic N) is 3. The van der Waals surface area contributed by atoms with Crippen molar-refractivity contribution >= 4 is 11.8 Å². The zero-order chi connectivity index (χ0) is 17.1. The van der Waals surface area contributed by atoms with Crippen LogP contribution in [0.15, 0.2) is 24.3 Å². The van der Waals surface area contributed by atoms with Crippen LogP contribution in [0.2, 0.25) is 0 Å². The van der Waals surface area contributed by atoms with E-state index in [1.807, 2.05) is 11.0 Å². The molecule has 2 amide bonds. The molecule has 0 aliphatic carbocycles. The van der Waals surface area contributed by atoms with Crippen LogP contribution in [0.5, 0.6) is 5.75 Å². The summed E-state index contributed by atoms with van der Waals surface area (Å²) in [6.07, 6.45) is 2.64. The first-order valence-corrected chi connectivity index (χ1v) is 8.30. The number of likely N-dealkylation sites (tertiary alicyclic amines) is 2. The molecule has 0 radical (unpaired) electrons. The van der Waals surface area contributed by atoms with Crippen molar-refractivity contribution < 1.29 is 14.3 Å². The quantitative estimate of drug-likeness (QED) is 0.844. The molecule has 1 unspecified atom stereocenters. The lowest BCUT2D eigenvalue weighted by Gasteiger charge is -2.34. The number of carbonyl (C=O) groups is 2. The first-order chi connectivity index (χ1) is 11.6. The topological polar surface area (TPSA) is 73.6 Å². The molecule has 2 saturated heterocycles. The highest BCUT2D eigenvalue weighted by Crippen LogP contribution is 2.23. The number of nitriles is 1. The molecule has 2 aliphatic heterocycles. The predicted molar refractivity (Wildman–Crippen MR) is 87.2 cm³/mol. The minimum absolute atomic E-state index is 0.0453. The molecule has 6 nitrogen and oxygen atoms in total. The molecule has 0 N–H and O–H groups in total. The molecule has 3 rings (SSSR count). The van der Waals surface area contributed by atoms with Gasteiger partial charge in [-0.2, -0.15) is 5.26 Å². The average Bonchev–Trinajstić information content (AvgIpc) is 2.94. The SMILES string of the molecule is CN1C(=O)CCC1C(=O)N1CCC(Oc2cccc(C#N)c2)CC1. The Morgan fingerprint density at radius 1 is 1.29 bits per heavy atom. The minimum Gasteiger partial charge on any atom is -0.490 e. The molecular formula is C18H21N3O3. The standard InChI is InChI=1S/C18H21N3O3/c1-20-16(5-6-17(20)22)18(23)21-9-7-14(8-10-21)24-15-4-2-3-13(11-15)12-19/h2-4,11,14,16H,5-10H2,1H3. The van der Waals surface area contributed by atoms with Gasteiger partial charge in [0.1, 0.15) is 17.9 Å².